The molecule has 0 saturated heterocycles. The molecule has 3 rings (SSSR count). The number of nitrogens with one attached hydrogen (secondary N) is 1. The maximum atomic E-state index is 11.9. The van der Waals surface area contributed by atoms with E-state index < -0.39 is 5.97 Å². The standard InChI is InChI=1S/C20H20N2O5S2/c1-25-15-6-3-5-14(18(15)26-2)20-22-13(12-29-20)11-27-17(23)8-9-21-19(24)16-7-4-10-28-16/h3-7,10,12H,8-9,11H2,1-2H3,(H,21,24). The minimum absolute atomic E-state index is 0.0699. The highest BCUT2D eigenvalue weighted by Gasteiger charge is 2.15. The van der Waals surface area contributed by atoms with Crippen LogP contribution in [0.1, 0.15) is 21.8 Å². The third-order valence-electron chi connectivity index (χ3n) is 3.93. The van der Waals surface area contributed by atoms with Gasteiger partial charge in [0.25, 0.3) is 5.91 Å². The summed E-state index contributed by atoms with van der Waals surface area (Å²) in [6, 6.07) is 9.11. The molecule has 29 heavy (non-hydrogen) atoms. The zero-order chi connectivity index (χ0) is 20.6. The molecule has 0 aliphatic heterocycles. The highest BCUT2D eigenvalue weighted by atomic mass is 32.1. The van der Waals surface area contributed by atoms with E-state index in [1.54, 1.807) is 26.4 Å². The second-order valence-electron chi connectivity index (χ2n) is 5.83. The average molecular weight is 433 g/mol. The molecule has 2 aromatic heterocycles. The van der Waals surface area contributed by atoms with Gasteiger partial charge >= 0.3 is 5.97 Å². The number of nitrogens with zero attached hydrogens (tertiary/aromatic N) is 1. The van der Waals surface area contributed by atoms with E-state index in [4.69, 9.17) is 14.2 Å². The monoisotopic (exact) mass is 432 g/mol. The first-order valence-electron chi connectivity index (χ1n) is 8.75. The van der Waals surface area contributed by atoms with Crippen LogP contribution < -0.4 is 14.8 Å². The quantitative estimate of drug-likeness (QED) is 0.518. The first-order chi connectivity index (χ1) is 14.1. The molecule has 1 N–H and O–H groups in total. The molecule has 0 atom stereocenters. The summed E-state index contributed by atoms with van der Waals surface area (Å²) in [7, 11) is 3.16. The summed E-state index contributed by atoms with van der Waals surface area (Å²) in [5.41, 5.74) is 1.46. The number of methoxy groups -OCH3 is 2. The van der Waals surface area contributed by atoms with Crippen molar-refractivity contribution in [2.45, 2.75) is 13.0 Å². The minimum Gasteiger partial charge on any atom is -0.493 e. The van der Waals surface area contributed by atoms with Crippen LogP contribution in [0, 0.1) is 0 Å². The molecule has 3 aromatic rings. The first-order valence-corrected chi connectivity index (χ1v) is 10.5. The van der Waals surface area contributed by atoms with Crippen LogP contribution in [0.3, 0.4) is 0 Å². The Morgan fingerprint density at radius 2 is 1.97 bits per heavy atom. The molecule has 0 fully saturated rings. The van der Waals surface area contributed by atoms with Crippen molar-refractivity contribution < 1.29 is 23.8 Å². The molecule has 0 radical (unpaired) electrons. The number of ether oxygens (including phenoxy) is 3. The fourth-order valence-electron chi connectivity index (χ4n) is 2.55. The molecule has 0 aliphatic carbocycles. The van der Waals surface area contributed by atoms with Crippen molar-refractivity contribution in [3.05, 3.63) is 51.7 Å². The number of carbonyl (C=O) groups excluding carboxylic acids is 2. The van der Waals surface area contributed by atoms with Crippen molar-refractivity contribution in [3.8, 4) is 22.1 Å². The fraction of sp³-hybridized carbons (Fsp3) is 0.250. The largest absolute Gasteiger partial charge is 0.493 e. The van der Waals surface area contributed by atoms with Crippen molar-refractivity contribution in [2.24, 2.45) is 0 Å². The predicted molar refractivity (Wildman–Crippen MR) is 112 cm³/mol. The predicted octanol–water partition coefficient (Wildman–Crippen LogP) is 3.75. The summed E-state index contributed by atoms with van der Waals surface area (Å²) in [6.45, 7) is 0.291. The third-order valence-corrected chi connectivity index (χ3v) is 5.72. The average Bonchev–Trinajstić information content (AvgIpc) is 3.43. The summed E-state index contributed by atoms with van der Waals surface area (Å²) >= 11 is 2.78. The van der Waals surface area contributed by atoms with E-state index in [1.165, 1.54) is 22.7 Å². The highest BCUT2D eigenvalue weighted by molar-refractivity contribution is 7.13. The number of thiophene rings is 1. The van der Waals surface area contributed by atoms with Crippen molar-refractivity contribution in [1.82, 2.24) is 10.3 Å². The lowest BCUT2D eigenvalue weighted by atomic mass is 10.2. The van der Waals surface area contributed by atoms with Crippen molar-refractivity contribution in [3.63, 3.8) is 0 Å². The Bertz CT molecular complexity index is 969. The number of hydrogen-bond donors (Lipinski definition) is 1. The number of carbonyl (C=O) groups is 2. The van der Waals surface area contributed by atoms with E-state index in [1.807, 2.05) is 29.0 Å². The Balaban J connectivity index is 1.50. The summed E-state index contributed by atoms with van der Waals surface area (Å²) in [6.07, 6.45) is 0.0951. The van der Waals surface area contributed by atoms with Crippen LogP contribution >= 0.6 is 22.7 Å². The van der Waals surface area contributed by atoms with Crippen LogP contribution in [-0.2, 0) is 16.1 Å². The van der Waals surface area contributed by atoms with Gasteiger partial charge in [0.15, 0.2) is 11.5 Å². The second kappa shape index (κ2) is 10.0. The van der Waals surface area contributed by atoms with Crippen LogP contribution in [0.4, 0.5) is 0 Å². The molecule has 152 valence electrons. The van der Waals surface area contributed by atoms with Crippen molar-refractivity contribution in [2.75, 3.05) is 20.8 Å². The van der Waals surface area contributed by atoms with Gasteiger partial charge in [0.2, 0.25) is 0 Å². The van der Waals surface area contributed by atoms with Gasteiger partial charge in [-0.2, -0.15) is 0 Å². The van der Waals surface area contributed by atoms with Gasteiger partial charge in [0, 0.05) is 11.9 Å². The van der Waals surface area contributed by atoms with Crippen molar-refractivity contribution in [1.29, 1.82) is 0 Å². The van der Waals surface area contributed by atoms with E-state index in [0.717, 1.165) is 10.6 Å². The number of para-hydroxylation sites is 1. The molecular formula is C20H20N2O5S2. The molecule has 0 bridgehead atoms. The molecule has 2 heterocycles. The third kappa shape index (κ3) is 5.33. The van der Waals surface area contributed by atoms with Crippen LogP contribution in [0.2, 0.25) is 0 Å². The Labute approximate surface area is 176 Å². The van der Waals surface area contributed by atoms with Gasteiger partial charge in [-0.25, -0.2) is 4.98 Å². The molecule has 7 nitrogen and oxygen atoms in total. The molecular weight excluding hydrogens is 412 g/mol. The lowest BCUT2D eigenvalue weighted by Crippen LogP contribution is -2.25. The van der Waals surface area contributed by atoms with E-state index in [-0.39, 0.29) is 25.5 Å². The molecule has 0 spiro atoms. The maximum absolute atomic E-state index is 11.9. The van der Waals surface area contributed by atoms with Crippen LogP contribution in [-0.4, -0.2) is 37.6 Å². The fourth-order valence-corrected chi connectivity index (χ4v) is 4.02. The number of aromatic nitrogens is 1. The van der Waals surface area contributed by atoms with E-state index in [0.29, 0.717) is 22.1 Å². The van der Waals surface area contributed by atoms with Gasteiger partial charge in [-0.15, -0.1) is 22.7 Å². The second-order valence-corrected chi connectivity index (χ2v) is 7.63. The van der Waals surface area contributed by atoms with E-state index in [2.05, 4.69) is 10.3 Å². The lowest BCUT2D eigenvalue weighted by Gasteiger charge is -2.10. The number of benzene rings is 1. The smallest absolute Gasteiger partial charge is 0.307 e. The van der Waals surface area contributed by atoms with Gasteiger partial charge in [-0.3, -0.25) is 9.59 Å². The number of rotatable bonds is 9. The highest BCUT2D eigenvalue weighted by Crippen LogP contribution is 2.38. The SMILES string of the molecule is COc1cccc(-c2nc(COC(=O)CCNC(=O)c3cccs3)cs2)c1OC. The normalized spacial score (nSPS) is 10.4. The first kappa shape index (κ1) is 20.8. The van der Waals surface area contributed by atoms with Gasteiger partial charge in [0.05, 0.1) is 36.8 Å². The number of esters is 1. The topological polar surface area (TPSA) is 86.8 Å². The number of amides is 1. The summed E-state index contributed by atoms with van der Waals surface area (Å²) in [5, 5.41) is 7.10. The van der Waals surface area contributed by atoms with Crippen LogP contribution in [0.15, 0.2) is 41.1 Å². The molecule has 0 saturated carbocycles. The van der Waals surface area contributed by atoms with Gasteiger partial charge < -0.3 is 19.5 Å². The Morgan fingerprint density at radius 3 is 2.69 bits per heavy atom. The molecule has 1 aromatic carbocycles. The van der Waals surface area contributed by atoms with Gasteiger partial charge in [-0.1, -0.05) is 12.1 Å². The molecule has 9 heteroatoms. The van der Waals surface area contributed by atoms with E-state index in [9.17, 15) is 9.59 Å². The minimum atomic E-state index is -0.398. The molecule has 0 aliphatic rings. The summed E-state index contributed by atoms with van der Waals surface area (Å²) in [4.78, 5) is 28.9. The number of thiazole rings is 1. The zero-order valence-corrected chi connectivity index (χ0v) is 17.6. The van der Waals surface area contributed by atoms with Crippen molar-refractivity contribution >= 4 is 34.6 Å². The van der Waals surface area contributed by atoms with Gasteiger partial charge in [-0.05, 0) is 23.6 Å². The van der Waals surface area contributed by atoms with Gasteiger partial charge in [0.1, 0.15) is 11.6 Å². The van der Waals surface area contributed by atoms with E-state index >= 15 is 0 Å². The Kier molecular flexibility index (Phi) is 7.20. The summed E-state index contributed by atoms with van der Waals surface area (Å²) < 4.78 is 16.0. The molecule has 0 unspecified atom stereocenters. The zero-order valence-electron chi connectivity index (χ0n) is 16.0. The lowest BCUT2D eigenvalue weighted by molar-refractivity contribution is -0.144. The Hall–Kier alpha value is -2.91. The Morgan fingerprint density at radius 1 is 1.10 bits per heavy atom. The number of hydrogen-bond acceptors (Lipinski definition) is 8. The molecule has 1 amide bonds. The van der Waals surface area contributed by atoms with Crippen LogP contribution in [0.5, 0.6) is 11.5 Å². The van der Waals surface area contributed by atoms with Crippen LogP contribution in [0.25, 0.3) is 10.6 Å². The maximum Gasteiger partial charge on any atom is 0.307 e. The summed E-state index contributed by atoms with van der Waals surface area (Å²) in [5.74, 6) is 0.640.